The number of carbonyl (C=O) groups excluding carboxylic acids is 3. The summed E-state index contributed by atoms with van der Waals surface area (Å²) in [5, 5.41) is 5.41. The number of amides is 2. The van der Waals surface area contributed by atoms with Crippen molar-refractivity contribution in [3.8, 4) is 0 Å². The maximum Gasteiger partial charge on any atom is 0.310 e. The molecule has 0 aliphatic carbocycles. The highest BCUT2D eigenvalue weighted by atomic mass is 16.5. The van der Waals surface area contributed by atoms with Gasteiger partial charge in [-0.1, -0.05) is 60.7 Å². The van der Waals surface area contributed by atoms with E-state index < -0.39 is 23.2 Å². The predicted molar refractivity (Wildman–Crippen MR) is 107 cm³/mol. The van der Waals surface area contributed by atoms with Crippen molar-refractivity contribution in [1.29, 1.82) is 0 Å². The van der Waals surface area contributed by atoms with Gasteiger partial charge in [0.15, 0.2) is 5.41 Å². The van der Waals surface area contributed by atoms with Crippen LogP contribution >= 0.6 is 0 Å². The monoisotopic (exact) mass is 382 g/mol. The average Bonchev–Trinajstić information content (AvgIpc) is 2.70. The Morgan fingerprint density at radius 1 is 0.821 bits per heavy atom. The predicted octanol–water partition coefficient (Wildman–Crippen LogP) is 1.98. The number of carbonyl (C=O) groups is 3. The van der Waals surface area contributed by atoms with Crippen LogP contribution in [0.1, 0.15) is 25.0 Å². The lowest BCUT2D eigenvalue weighted by Crippen LogP contribution is -2.57. The number of rotatable bonds is 9. The molecule has 6 nitrogen and oxygen atoms in total. The van der Waals surface area contributed by atoms with Crippen LogP contribution in [-0.4, -0.2) is 37.5 Å². The van der Waals surface area contributed by atoms with Crippen molar-refractivity contribution in [1.82, 2.24) is 10.6 Å². The van der Waals surface area contributed by atoms with Crippen LogP contribution in [0.3, 0.4) is 0 Å². The molecule has 6 heteroatoms. The number of hydrogen-bond donors (Lipinski definition) is 2. The first-order chi connectivity index (χ1) is 13.5. The van der Waals surface area contributed by atoms with Crippen LogP contribution in [0.4, 0.5) is 0 Å². The van der Waals surface area contributed by atoms with Crippen molar-refractivity contribution < 1.29 is 19.1 Å². The van der Waals surface area contributed by atoms with E-state index in [4.69, 9.17) is 4.74 Å². The Bertz CT molecular complexity index is 773. The molecule has 0 aliphatic heterocycles. The highest BCUT2D eigenvalue weighted by molar-refractivity contribution is 6.11. The van der Waals surface area contributed by atoms with Gasteiger partial charge in [-0.25, -0.2) is 0 Å². The zero-order valence-corrected chi connectivity index (χ0v) is 16.2. The van der Waals surface area contributed by atoms with Crippen LogP contribution < -0.4 is 10.6 Å². The van der Waals surface area contributed by atoms with E-state index in [2.05, 4.69) is 10.6 Å². The fourth-order valence-corrected chi connectivity index (χ4v) is 2.93. The molecule has 0 aromatic heterocycles. The van der Waals surface area contributed by atoms with Crippen molar-refractivity contribution in [3.05, 3.63) is 71.8 Å². The summed E-state index contributed by atoms with van der Waals surface area (Å²) in [5.41, 5.74) is -0.382. The summed E-state index contributed by atoms with van der Waals surface area (Å²) in [5.74, 6) is -1.50. The largest absolute Gasteiger partial charge is 0.463 e. The summed E-state index contributed by atoms with van der Waals surface area (Å²) in [6.07, 6.45) is 0.0660. The molecular formula is C22H26N2O4. The molecule has 2 N–H and O–H groups in total. The molecule has 2 aromatic rings. The maximum atomic E-state index is 13.0. The van der Waals surface area contributed by atoms with Crippen LogP contribution in [0.25, 0.3) is 0 Å². The lowest BCUT2D eigenvalue weighted by molar-refractivity contribution is -0.150. The van der Waals surface area contributed by atoms with E-state index in [0.29, 0.717) is 18.7 Å². The summed E-state index contributed by atoms with van der Waals surface area (Å²) in [6, 6.07) is 17.8. The van der Waals surface area contributed by atoms with Gasteiger partial charge < -0.3 is 15.4 Å². The van der Waals surface area contributed by atoms with Gasteiger partial charge in [-0.3, -0.25) is 14.4 Å². The molecule has 28 heavy (non-hydrogen) atoms. The second kappa shape index (κ2) is 10.3. The van der Waals surface area contributed by atoms with Gasteiger partial charge in [-0.15, -0.1) is 0 Å². The summed E-state index contributed by atoms with van der Waals surface area (Å²) < 4.78 is 5.44. The summed E-state index contributed by atoms with van der Waals surface area (Å²) in [7, 11) is 0. The minimum absolute atomic E-state index is 0.0660. The number of hydrogen-bond acceptors (Lipinski definition) is 4. The first-order valence-corrected chi connectivity index (χ1v) is 9.36. The Kier molecular flexibility index (Phi) is 7.75. The minimum Gasteiger partial charge on any atom is -0.463 e. The van der Waals surface area contributed by atoms with E-state index in [1.165, 1.54) is 0 Å². The molecule has 0 atom stereocenters. The third kappa shape index (κ3) is 4.97. The standard InChI is InChI=1S/C22H26N2O4/c1-3-23-20(26)22(21(27)24-4-2,18-13-9-6-10-14-18)16-28-19(25)15-17-11-7-5-8-12-17/h5-14H,3-4,15-16H2,1-2H3,(H,23,26)(H,24,27). The van der Waals surface area contributed by atoms with Crippen molar-refractivity contribution in [2.75, 3.05) is 19.7 Å². The molecule has 2 amide bonds. The molecular weight excluding hydrogens is 356 g/mol. The van der Waals surface area contributed by atoms with Crippen LogP contribution in [0.2, 0.25) is 0 Å². The van der Waals surface area contributed by atoms with Crippen LogP contribution in [-0.2, 0) is 31.0 Å². The fraction of sp³-hybridized carbons (Fsp3) is 0.318. The SMILES string of the molecule is CCNC(=O)C(COC(=O)Cc1ccccc1)(C(=O)NCC)c1ccccc1. The third-order valence-electron chi connectivity index (χ3n) is 4.36. The van der Waals surface area contributed by atoms with Gasteiger partial charge in [-0.05, 0) is 25.0 Å². The van der Waals surface area contributed by atoms with Gasteiger partial charge in [0, 0.05) is 13.1 Å². The van der Waals surface area contributed by atoms with Gasteiger partial charge in [0.05, 0.1) is 6.42 Å². The Morgan fingerprint density at radius 3 is 1.82 bits per heavy atom. The van der Waals surface area contributed by atoms with Crippen molar-refractivity contribution in [2.45, 2.75) is 25.7 Å². The molecule has 2 aromatic carbocycles. The minimum atomic E-state index is -1.65. The van der Waals surface area contributed by atoms with Crippen LogP contribution in [0.5, 0.6) is 0 Å². The Balaban J connectivity index is 2.32. The molecule has 0 unspecified atom stereocenters. The van der Waals surface area contributed by atoms with Gasteiger partial charge in [-0.2, -0.15) is 0 Å². The molecule has 0 fully saturated rings. The van der Waals surface area contributed by atoms with Crippen molar-refractivity contribution >= 4 is 17.8 Å². The lowest BCUT2D eigenvalue weighted by atomic mass is 9.79. The van der Waals surface area contributed by atoms with E-state index in [0.717, 1.165) is 5.56 Å². The molecule has 2 rings (SSSR count). The van der Waals surface area contributed by atoms with E-state index >= 15 is 0 Å². The number of ether oxygens (including phenoxy) is 1. The fourth-order valence-electron chi connectivity index (χ4n) is 2.93. The van der Waals surface area contributed by atoms with Gasteiger partial charge in [0.1, 0.15) is 6.61 Å². The molecule has 148 valence electrons. The second-order valence-electron chi connectivity index (χ2n) is 6.31. The average molecular weight is 382 g/mol. The Hall–Kier alpha value is -3.15. The number of likely N-dealkylation sites (N-methyl/N-ethyl adjacent to an activating group) is 2. The molecule has 0 spiro atoms. The summed E-state index contributed by atoms with van der Waals surface area (Å²) in [4.78, 5) is 38.3. The zero-order chi connectivity index (χ0) is 20.4. The second-order valence-corrected chi connectivity index (χ2v) is 6.31. The highest BCUT2D eigenvalue weighted by Gasteiger charge is 2.48. The molecule has 0 saturated heterocycles. The molecule has 0 heterocycles. The first kappa shape index (κ1) is 21.2. The van der Waals surface area contributed by atoms with Crippen LogP contribution in [0.15, 0.2) is 60.7 Å². The zero-order valence-electron chi connectivity index (χ0n) is 16.2. The quantitative estimate of drug-likeness (QED) is 0.513. The number of benzene rings is 2. The van der Waals surface area contributed by atoms with E-state index in [1.807, 2.05) is 30.3 Å². The summed E-state index contributed by atoms with van der Waals surface area (Å²) >= 11 is 0. The topological polar surface area (TPSA) is 84.5 Å². The molecule has 0 radical (unpaired) electrons. The smallest absolute Gasteiger partial charge is 0.310 e. The van der Waals surface area contributed by atoms with Gasteiger partial charge in [0.2, 0.25) is 11.8 Å². The molecule has 0 bridgehead atoms. The molecule has 0 saturated carbocycles. The number of nitrogens with one attached hydrogen (secondary N) is 2. The van der Waals surface area contributed by atoms with E-state index in [1.54, 1.807) is 44.2 Å². The maximum absolute atomic E-state index is 13.0. The van der Waals surface area contributed by atoms with E-state index in [9.17, 15) is 14.4 Å². The van der Waals surface area contributed by atoms with Crippen molar-refractivity contribution in [3.63, 3.8) is 0 Å². The van der Waals surface area contributed by atoms with Gasteiger partial charge in [0.25, 0.3) is 0 Å². The molecule has 0 aliphatic rings. The van der Waals surface area contributed by atoms with Crippen molar-refractivity contribution in [2.24, 2.45) is 0 Å². The first-order valence-electron chi connectivity index (χ1n) is 9.36. The highest BCUT2D eigenvalue weighted by Crippen LogP contribution is 2.26. The Labute approximate surface area is 165 Å². The van der Waals surface area contributed by atoms with Crippen LogP contribution in [0, 0.1) is 0 Å². The Morgan fingerprint density at radius 2 is 1.32 bits per heavy atom. The third-order valence-corrected chi connectivity index (χ3v) is 4.36. The normalized spacial score (nSPS) is 10.8. The lowest BCUT2D eigenvalue weighted by Gasteiger charge is -2.31. The van der Waals surface area contributed by atoms with Gasteiger partial charge >= 0.3 is 5.97 Å². The van der Waals surface area contributed by atoms with E-state index in [-0.39, 0.29) is 13.0 Å². The number of esters is 1. The summed E-state index contributed by atoms with van der Waals surface area (Å²) in [6.45, 7) is 3.87.